The third-order valence-corrected chi connectivity index (χ3v) is 12.1. The zero-order valence-corrected chi connectivity index (χ0v) is 33.6. The van der Waals surface area contributed by atoms with Crippen molar-refractivity contribution in [1.29, 1.82) is 0 Å². The Kier molecular flexibility index (Phi) is 15.1. The summed E-state index contributed by atoms with van der Waals surface area (Å²) in [6.07, 6.45) is -7.94. The van der Waals surface area contributed by atoms with E-state index in [9.17, 15) is 30.4 Å². The van der Waals surface area contributed by atoms with Gasteiger partial charge >= 0.3 is 5.97 Å². The zero-order valence-electron chi connectivity index (χ0n) is 33.6. The molecule has 3 rings (SSSR count). The summed E-state index contributed by atoms with van der Waals surface area (Å²) in [6.45, 7) is 17.0. The van der Waals surface area contributed by atoms with E-state index >= 15 is 0 Å². The van der Waals surface area contributed by atoms with Gasteiger partial charge in [-0.3, -0.25) is 4.79 Å². The van der Waals surface area contributed by atoms with Crippen LogP contribution in [0.5, 0.6) is 0 Å². The number of nitrogens with two attached hydrogens (primary N) is 1. The highest BCUT2D eigenvalue weighted by atomic mass is 16.7. The SMILES string of the molecule is CC[C@H]1OC(=O)[C@H](C)[C@@H](O[C@H]2C[C@@](C)(OC)[C@@H](N)[C@H](C)O2)[C@H](C)[C@@H](O[C@@H]2O[C@H](C)C[C@H](N(C)C)[C@H]2O)[C@](C)(O)C[C@@H](C)/C(=N/O)[C@H](C)[C@@H](O)[C@]1(C)O. The second kappa shape index (κ2) is 17.5. The number of hydrogen-bond acceptors (Lipinski definition) is 15. The van der Waals surface area contributed by atoms with E-state index in [0.717, 1.165) is 0 Å². The molecular weight excluding hydrogens is 678 g/mol. The summed E-state index contributed by atoms with van der Waals surface area (Å²) in [6, 6.07) is -0.783. The molecule has 15 heteroatoms. The van der Waals surface area contributed by atoms with Gasteiger partial charge in [-0.15, -0.1) is 0 Å². The van der Waals surface area contributed by atoms with Crippen LogP contribution in [0.15, 0.2) is 5.16 Å². The van der Waals surface area contributed by atoms with Gasteiger partial charge in [0.15, 0.2) is 12.6 Å². The lowest BCUT2D eigenvalue weighted by Crippen LogP contribution is -2.62. The Balaban J connectivity index is 2.21. The van der Waals surface area contributed by atoms with Crippen LogP contribution in [0.2, 0.25) is 0 Å². The van der Waals surface area contributed by atoms with Crippen molar-refractivity contribution in [2.24, 2.45) is 34.6 Å². The van der Waals surface area contributed by atoms with Crippen molar-refractivity contribution < 1.29 is 58.8 Å². The summed E-state index contributed by atoms with van der Waals surface area (Å²) >= 11 is 0. The number of esters is 1. The fraction of sp³-hybridized carbons (Fsp3) is 0.946. The average Bonchev–Trinajstić information content (AvgIpc) is 3.06. The van der Waals surface area contributed by atoms with Crippen molar-refractivity contribution in [2.45, 2.75) is 179 Å². The van der Waals surface area contributed by atoms with E-state index < -0.39 is 102 Å². The number of hydrogen-bond donors (Lipinski definition) is 6. The normalized spacial score (nSPS) is 49.8. The first-order valence-electron chi connectivity index (χ1n) is 18.8. The highest BCUT2D eigenvalue weighted by molar-refractivity contribution is 5.88. The number of oxime groups is 1. The van der Waals surface area contributed by atoms with Gasteiger partial charge in [0.1, 0.15) is 17.8 Å². The first kappa shape index (κ1) is 44.9. The summed E-state index contributed by atoms with van der Waals surface area (Å²) in [5.74, 6) is -4.13. The molecule has 0 aliphatic carbocycles. The van der Waals surface area contributed by atoms with Gasteiger partial charge in [0, 0.05) is 37.3 Å². The van der Waals surface area contributed by atoms with Crippen LogP contribution in [0.3, 0.4) is 0 Å². The number of likely N-dealkylation sites (N-methyl/N-ethyl adjacent to an activating group) is 1. The fourth-order valence-electron chi connectivity index (χ4n) is 8.65. The van der Waals surface area contributed by atoms with E-state index in [4.69, 9.17) is 34.2 Å². The molecule has 0 unspecified atom stereocenters. The second-order valence-electron chi connectivity index (χ2n) is 16.7. The molecule has 0 amide bonds. The zero-order chi connectivity index (χ0) is 39.7. The van der Waals surface area contributed by atoms with E-state index in [1.54, 1.807) is 48.7 Å². The average molecular weight is 748 g/mol. The summed E-state index contributed by atoms with van der Waals surface area (Å²) in [5.41, 5.74) is 2.06. The van der Waals surface area contributed by atoms with E-state index in [-0.39, 0.29) is 37.1 Å². The summed E-state index contributed by atoms with van der Waals surface area (Å²) in [7, 11) is 5.29. The quantitative estimate of drug-likeness (QED) is 0.125. The minimum absolute atomic E-state index is 0.0492. The minimum atomic E-state index is -1.95. The van der Waals surface area contributed by atoms with Crippen LogP contribution in [0.25, 0.3) is 0 Å². The molecule has 0 radical (unpaired) electrons. The molecule has 3 aliphatic heterocycles. The maximum absolute atomic E-state index is 14.2. The lowest BCUT2D eigenvalue weighted by molar-refractivity contribution is -0.311. The molecule has 0 aromatic carbocycles. The molecule has 0 aromatic heterocycles. The largest absolute Gasteiger partial charge is 0.459 e. The van der Waals surface area contributed by atoms with Crippen molar-refractivity contribution in [3.8, 4) is 0 Å². The van der Waals surface area contributed by atoms with Gasteiger partial charge in [0.2, 0.25) is 0 Å². The molecule has 0 aromatic rings. The van der Waals surface area contributed by atoms with Crippen LogP contribution in [-0.2, 0) is 33.2 Å². The first-order chi connectivity index (χ1) is 24.0. The lowest BCUT2D eigenvalue weighted by Gasteiger charge is -2.49. The number of aliphatic hydroxyl groups excluding tert-OH is 2. The van der Waals surface area contributed by atoms with Crippen LogP contribution in [0.4, 0.5) is 0 Å². The van der Waals surface area contributed by atoms with Crippen LogP contribution in [-0.4, -0.2) is 148 Å². The Morgan fingerprint density at radius 3 is 2.13 bits per heavy atom. The summed E-state index contributed by atoms with van der Waals surface area (Å²) in [5, 5.41) is 61.0. The van der Waals surface area contributed by atoms with Gasteiger partial charge in [0.25, 0.3) is 0 Å². The van der Waals surface area contributed by atoms with Crippen molar-refractivity contribution >= 4 is 11.7 Å². The monoisotopic (exact) mass is 747 g/mol. The van der Waals surface area contributed by atoms with Crippen molar-refractivity contribution in [1.82, 2.24) is 4.90 Å². The molecule has 15 nitrogen and oxygen atoms in total. The third kappa shape index (κ3) is 9.47. The molecule has 18 atom stereocenters. The Bertz CT molecular complexity index is 1200. The molecule has 52 heavy (non-hydrogen) atoms. The second-order valence-corrected chi connectivity index (χ2v) is 16.7. The Morgan fingerprint density at radius 1 is 0.981 bits per heavy atom. The predicted molar refractivity (Wildman–Crippen MR) is 192 cm³/mol. The highest BCUT2D eigenvalue weighted by Gasteiger charge is 2.53. The molecule has 0 bridgehead atoms. The van der Waals surface area contributed by atoms with E-state index in [1.807, 2.05) is 39.8 Å². The standard InChI is InChI=1S/C37H69N3O12/c1-14-25-37(10,45)31(42)20(4)27(39-46)18(2)16-35(8,44)32(52-34-28(41)24(40(11)12)15-19(3)48-34)21(5)29(22(6)33(43)50-25)51-26-17-36(9,47-13)30(38)23(7)49-26/h18-26,28-32,34,41-42,44-46H,14-17,38H2,1-13H3/b39-27-/t18-,19-,20+,21+,22-,23+,24+,25-,26+,28-,29+,30+,31-,32-,34+,35-,36-,37-/m1/s1. The van der Waals surface area contributed by atoms with Crippen molar-refractivity contribution in [2.75, 3.05) is 21.2 Å². The molecule has 0 saturated carbocycles. The molecule has 3 fully saturated rings. The van der Waals surface area contributed by atoms with Crippen LogP contribution < -0.4 is 5.73 Å². The number of cyclic esters (lactones) is 1. The lowest BCUT2D eigenvalue weighted by atomic mass is 9.73. The van der Waals surface area contributed by atoms with Gasteiger partial charge in [-0.1, -0.05) is 32.9 Å². The molecule has 7 N–H and O–H groups in total. The fourth-order valence-corrected chi connectivity index (χ4v) is 8.65. The minimum Gasteiger partial charge on any atom is -0.459 e. The number of ether oxygens (including phenoxy) is 6. The maximum atomic E-state index is 14.2. The number of rotatable bonds is 7. The molecule has 3 heterocycles. The first-order valence-corrected chi connectivity index (χ1v) is 18.8. The third-order valence-electron chi connectivity index (χ3n) is 12.1. The molecule has 3 saturated heterocycles. The molecule has 3 aliphatic rings. The Labute approximate surface area is 310 Å². The van der Waals surface area contributed by atoms with Crippen LogP contribution in [0.1, 0.15) is 94.9 Å². The topological polar surface area (TPSA) is 215 Å². The number of aliphatic hydroxyl groups is 4. The van der Waals surface area contributed by atoms with E-state index in [1.165, 1.54) is 6.92 Å². The Hall–Kier alpha value is -1.50. The number of methoxy groups -OCH3 is 1. The molecular formula is C37H69N3O12. The van der Waals surface area contributed by atoms with Gasteiger partial charge in [-0.25, -0.2) is 0 Å². The molecule has 304 valence electrons. The number of nitrogens with zero attached hydrogens (tertiary/aromatic N) is 2. The molecule has 0 spiro atoms. The van der Waals surface area contributed by atoms with E-state index in [0.29, 0.717) is 6.42 Å². The Morgan fingerprint density at radius 2 is 1.60 bits per heavy atom. The van der Waals surface area contributed by atoms with Crippen LogP contribution in [0, 0.1) is 23.7 Å². The summed E-state index contributed by atoms with van der Waals surface area (Å²) in [4.78, 5) is 16.1. The van der Waals surface area contributed by atoms with Gasteiger partial charge in [-0.05, 0) is 74.9 Å². The summed E-state index contributed by atoms with van der Waals surface area (Å²) < 4.78 is 37.6. The van der Waals surface area contributed by atoms with Gasteiger partial charge in [-0.2, -0.15) is 0 Å². The van der Waals surface area contributed by atoms with Crippen LogP contribution >= 0.6 is 0 Å². The van der Waals surface area contributed by atoms with Crippen molar-refractivity contribution in [3.63, 3.8) is 0 Å². The predicted octanol–water partition coefficient (Wildman–Crippen LogP) is 2.01. The van der Waals surface area contributed by atoms with Gasteiger partial charge < -0.3 is 64.7 Å². The van der Waals surface area contributed by atoms with Crippen molar-refractivity contribution in [3.05, 3.63) is 0 Å². The highest BCUT2D eigenvalue weighted by Crippen LogP contribution is 2.40. The van der Waals surface area contributed by atoms with Gasteiger partial charge in [0.05, 0.1) is 59.4 Å². The van der Waals surface area contributed by atoms with E-state index in [2.05, 4.69) is 5.16 Å². The number of carbonyl (C=O) groups is 1. The maximum Gasteiger partial charge on any atom is 0.311 e. The smallest absolute Gasteiger partial charge is 0.311 e. The number of carbonyl (C=O) groups excluding carboxylic acids is 1.